The summed E-state index contributed by atoms with van der Waals surface area (Å²) in [5, 5.41) is 2.96. The van der Waals surface area contributed by atoms with Crippen molar-refractivity contribution in [3.8, 4) is 5.88 Å². The first-order valence-corrected chi connectivity index (χ1v) is 5.30. The minimum atomic E-state index is 0. The summed E-state index contributed by atoms with van der Waals surface area (Å²) in [5.74, 6) is 1.08. The number of ether oxygens (including phenoxy) is 1. The highest BCUT2D eigenvalue weighted by atomic mass is 127. The molecule has 0 aliphatic rings. The van der Waals surface area contributed by atoms with Gasteiger partial charge in [0.05, 0.1) is 6.61 Å². The summed E-state index contributed by atoms with van der Waals surface area (Å²) in [6.45, 7) is 3.37. The minimum Gasteiger partial charge on any atom is -0.478 e. The van der Waals surface area contributed by atoms with E-state index in [1.807, 2.05) is 12.1 Å². The van der Waals surface area contributed by atoms with Gasteiger partial charge in [0, 0.05) is 25.9 Å². The van der Waals surface area contributed by atoms with E-state index in [0.717, 1.165) is 12.0 Å². The van der Waals surface area contributed by atoms with Gasteiger partial charge in [-0.2, -0.15) is 0 Å². The summed E-state index contributed by atoms with van der Waals surface area (Å²) in [7, 11) is 1.64. The number of aliphatic imine (C=N–C) groups is 1. The second kappa shape index (κ2) is 9.03. The fraction of sp³-hybridized carbons (Fsp3) is 0.455. The highest BCUT2D eigenvalue weighted by Crippen LogP contribution is 2.07. The highest BCUT2D eigenvalue weighted by molar-refractivity contribution is 14.0. The minimum absolute atomic E-state index is 0. The third-order valence-electron chi connectivity index (χ3n) is 1.97. The number of aromatic nitrogens is 1. The zero-order valence-electron chi connectivity index (χ0n) is 10.1. The average molecular weight is 350 g/mol. The predicted octanol–water partition coefficient (Wildman–Crippen LogP) is 1.52. The van der Waals surface area contributed by atoms with Crippen LogP contribution in [0.2, 0.25) is 0 Å². The molecule has 17 heavy (non-hydrogen) atoms. The van der Waals surface area contributed by atoms with Crippen molar-refractivity contribution in [2.45, 2.75) is 19.9 Å². The molecule has 0 spiro atoms. The Morgan fingerprint density at radius 2 is 2.29 bits per heavy atom. The molecule has 0 aliphatic heterocycles. The van der Waals surface area contributed by atoms with Crippen LogP contribution in [0.1, 0.15) is 18.9 Å². The van der Waals surface area contributed by atoms with Gasteiger partial charge in [-0.15, -0.1) is 24.0 Å². The molecule has 5 nitrogen and oxygen atoms in total. The van der Waals surface area contributed by atoms with E-state index in [9.17, 15) is 0 Å². The summed E-state index contributed by atoms with van der Waals surface area (Å²) in [5.41, 5.74) is 6.55. The third-order valence-corrected chi connectivity index (χ3v) is 1.97. The van der Waals surface area contributed by atoms with Gasteiger partial charge >= 0.3 is 0 Å². The van der Waals surface area contributed by atoms with Crippen molar-refractivity contribution in [2.24, 2.45) is 10.7 Å². The van der Waals surface area contributed by atoms with Crippen LogP contribution >= 0.6 is 24.0 Å². The number of nitrogens with zero attached hydrogens (tertiary/aromatic N) is 2. The van der Waals surface area contributed by atoms with E-state index in [2.05, 4.69) is 22.2 Å². The smallest absolute Gasteiger partial charge is 0.213 e. The summed E-state index contributed by atoms with van der Waals surface area (Å²) in [6.07, 6.45) is 2.75. The van der Waals surface area contributed by atoms with Crippen molar-refractivity contribution in [2.75, 3.05) is 13.7 Å². The quantitative estimate of drug-likeness (QED) is 0.480. The third kappa shape index (κ3) is 6.30. The molecule has 1 rings (SSSR count). The van der Waals surface area contributed by atoms with Crippen molar-refractivity contribution in [3.05, 3.63) is 23.9 Å². The molecule has 0 atom stereocenters. The van der Waals surface area contributed by atoms with Crippen LogP contribution in [0.15, 0.2) is 23.3 Å². The van der Waals surface area contributed by atoms with Gasteiger partial charge in [-0.25, -0.2) is 4.98 Å². The van der Waals surface area contributed by atoms with Gasteiger partial charge in [-0.05, 0) is 12.0 Å². The van der Waals surface area contributed by atoms with Crippen LogP contribution in [0.25, 0.3) is 0 Å². The van der Waals surface area contributed by atoms with Crippen molar-refractivity contribution < 1.29 is 4.74 Å². The first kappa shape index (κ1) is 16.0. The molecule has 0 saturated heterocycles. The summed E-state index contributed by atoms with van der Waals surface area (Å²) >= 11 is 0. The molecule has 96 valence electrons. The normalized spacial score (nSPS) is 10.6. The van der Waals surface area contributed by atoms with E-state index >= 15 is 0 Å². The van der Waals surface area contributed by atoms with Gasteiger partial charge in [-0.3, -0.25) is 4.99 Å². The fourth-order valence-corrected chi connectivity index (χ4v) is 1.08. The number of hydrogen-bond donors (Lipinski definition) is 2. The molecule has 6 heteroatoms. The van der Waals surface area contributed by atoms with Crippen LogP contribution in [-0.4, -0.2) is 24.6 Å². The van der Waals surface area contributed by atoms with E-state index in [-0.39, 0.29) is 24.0 Å². The number of hydrogen-bond acceptors (Lipinski definition) is 3. The summed E-state index contributed by atoms with van der Waals surface area (Å²) < 4.78 is 5.38. The number of halogens is 1. The molecule has 0 saturated carbocycles. The molecule has 0 amide bonds. The lowest BCUT2D eigenvalue weighted by Gasteiger charge is -2.06. The standard InChI is InChI=1S/C11H18N4O.HI/c1-3-6-16-10-5-4-9(7-14-10)8-15-11(12)13-2;/h4-5,7H,3,6,8H2,1-2H3,(H3,12,13,15);1H. The molecular weight excluding hydrogens is 331 g/mol. The molecular formula is C11H19IN4O. The van der Waals surface area contributed by atoms with E-state index in [1.165, 1.54) is 0 Å². The Kier molecular flexibility index (Phi) is 8.47. The monoisotopic (exact) mass is 350 g/mol. The van der Waals surface area contributed by atoms with Crippen molar-refractivity contribution in [1.82, 2.24) is 10.3 Å². The first-order chi connectivity index (χ1) is 7.76. The van der Waals surface area contributed by atoms with Crippen LogP contribution in [0.3, 0.4) is 0 Å². The van der Waals surface area contributed by atoms with Gasteiger partial charge in [0.15, 0.2) is 5.96 Å². The van der Waals surface area contributed by atoms with E-state index < -0.39 is 0 Å². The molecule has 0 bridgehead atoms. The lowest BCUT2D eigenvalue weighted by molar-refractivity contribution is 0.305. The number of rotatable bonds is 5. The van der Waals surface area contributed by atoms with Crippen LogP contribution < -0.4 is 15.8 Å². The van der Waals surface area contributed by atoms with Crippen LogP contribution in [0.5, 0.6) is 5.88 Å². The van der Waals surface area contributed by atoms with Gasteiger partial charge in [0.25, 0.3) is 0 Å². The van der Waals surface area contributed by atoms with Gasteiger partial charge in [0.2, 0.25) is 5.88 Å². The number of nitrogens with one attached hydrogen (secondary N) is 1. The van der Waals surface area contributed by atoms with Crippen molar-refractivity contribution >= 4 is 29.9 Å². The molecule has 3 N–H and O–H groups in total. The van der Waals surface area contributed by atoms with E-state index in [4.69, 9.17) is 10.5 Å². The number of guanidine groups is 1. The Morgan fingerprint density at radius 1 is 1.53 bits per heavy atom. The van der Waals surface area contributed by atoms with Gasteiger partial charge in [0.1, 0.15) is 0 Å². The fourth-order valence-electron chi connectivity index (χ4n) is 1.08. The van der Waals surface area contributed by atoms with Crippen LogP contribution in [0.4, 0.5) is 0 Å². The molecule has 0 unspecified atom stereocenters. The number of pyridine rings is 1. The summed E-state index contributed by atoms with van der Waals surface area (Å²) in [4.78, 5) is 7.98. The highest BCUT2D eigenvalue weighted by Gasteiger charge is 1.97. The molecule has 1 heterocycles. The SMILES string of the molecule is CCCOc1ccc(CNC(N)=NC)cn1.I. The number of nitrogens with two attached hydrogens (primary N) is 1. The molecule has 0 aliphatic carbocycles. The molecule has 1 aromatic rings. The predicted molar refractivity (Wildman–Crippen MR) is 79.8 cm³/mol. The maximum atomic E-state index is 5.51. The maximum Gasteiger partial charge on any atom is 0.213 e. The first-order valence-electron chi connectivity index (χ1n) is 5.30. The molecule has 0 fully saturated rings. The Bertz CT molecular complexity index is 340. The van der Waals surface area contributed by atoms with Crippen LogP contribution in [0, 0.1) is 0 Å². The molecule has 1 aromatic heterocycles. The Labute approximate surface area is 119 Å². The zero-order chi connectivity index (χ0) is 11.8. The second-order valence-corrected chi connectivity index (χ2v) is 3.32. The average Bonchev–Trinajstić information content (AvgIpc) is 2.34. The largest absolute Gasteiger partial charge is 0.478 e. The Morgan fingerprint density at radius 3 is 2.82 bits per heavy atom. The van der Waals surface area contributed by atoms with Crippen LogP contribution in [-0.2, 0) is 6.54 Å². The Hall–Kier alpha value is -1.05. The lowest BCUT2D eigenvalue weighted by Crippen LogP contribution is -2.30. The molecule has 0 aromatic carbocycles. The Balaban J connectivity index is 0.00000256. The van der Waals surface area contributed by atoms with Gasteiger partial charge < -0.3 is 15.8 Å². The second-order valence-electron chi connectivity index (χ2n) is 3.32. The van der Waals surface area contributed by atoms with Gasteiger partial charge in [-0.1, -0.05) is 13.0 Å². The van der Waals surface area contributed by atoms with Crippen molar-refractivity contribution in [1.29, 1.82) is 0 Å². The maximum absolute atomic E-state index is 5.51. The summed E-state index contributed by atoms with van der Waals surface area (Å²) in [6, 6.07) is 3.81. The van der Waals surface area contributed by atoms with E-state index in [0.29, 0.717) is 25.0 Å². The molecule has 0 radical (unpaired) electrons. The van der Waals surface area contributed by atoms with Crippen molar-refractivity contribution in [3.63, 3.8) is 0 Å². The van der Waals surface area contributed by atoms with E-state index in [1.54, 1.807) is 13.2 Å². The lowest BCUT2D eigenvalue weighted by atomic mass is 10.3. The topological polar surface area (TPSA) is 72.5 Å². The zero-order valence-corrected chi connectivity index (χ0v) is 12.5.